The summed E-state index contributed by atoms with van der Waals surface area (Å²) in [7, 11) is 0. The van der Waals surface area contributed by atoms with E-state index in [-0.39, 0.29) is 0 Å². The van der Waals surface area contributed by atoms with Crippen molar-refractivity contribution in [1.82, 2.24) is 4.90 Å². The van der Waals surface area contributed by atoms with E-state index >= 15 is 0 Å². The fourth-order valence-corrected chi connectivity index (χ4v) is 2.20. The highest BCUT2D eigenvalue weighted by Crippen LogP contribution is 2.14. The third-order valence-electron chi connectivity index (χ3n) is 2.92. The molecule has 0 saturated heterocycles. The Hall–Kier alpha value is 0.310. The number of rotatable bonds is 9. The van der Waals surface area contributed by atoms with Gasteiger partial charge in [-0.2, -0.15) is 12.6 Å². The zero-order chi connectivity index (χ0) is 10.8. The molecule has 0 rings (SSSR count). The van der Waals surface area contributed by atoms with Gasteiger partial charge in [-0.05, 0) is 38.1 Å². The number of nitrogens with zero attached hydrogens (tertiary/aromatic N) is 1. The monoisotopic (exact) mass is 217 g/mol. The first-order valence-corrected chi connectivity index (χ1v) is 6.78. The molecule has 0 N–H and O–H groups in total. The summed E-state index contributed by atoms with van der Waals surface area (Å²) in [5, 5.41) is 0. The average Bonchev–Trinajstić information content (AvgIpc) is 2.22. The lowest BCUT2D eigenvalue weighted by Gasteiger charge is -2.29. The Morgan fingerprint density at radius 2 is 1.57 bits per heavy atom. The van der Waals surface area contributed by atoms with Crippen LogP contribution in [0.15, 0.2) is 0 Å². The number of unbranched alkanes of at least 4 members (excludes halogenated alkanes) is 1. The van der Waals surface area contributed by atoms with Gasteiger partial charge in [-0.1, -0.05) is 33.6 Å². The molecule has 0 saturated carbocycles. The lowest BCUT2D eigenvalue weighted by Crippen LogP contribution is -2.35. The highest BCUT2D eigenvalue weighted by molar-refractivity contribution is 7.80. The van der Waals surface area contributed by atoms with Crippen LogP contribution in [0.2, 0.25) is 0 Å². The van der Waals surface area contributed by atoms with Crippen molar-refractivity contribution in [3.8, 4) is 0 Å². The molecule has 0 amide bonds. The summed E-state index contributed by atoms with van der Waals surface area (Å²) in [5.41, 5.74) is 0. The van der Waals surface area contributed by atoms with Crippen molar-refractivity contribution in [2.75, 3.05) is 18.8 Å². The quantitative estimate of drug-likeness (QED) is 0.578. The average molecular weight is 217 g/mol. The SMILES string of the molecule is CCCCC(CCCS)N(CC)CC. The molecule has 0 heterocycles. The summed E-state index contributed by atoms with van der Waals surface area (Å²) in [6.07, 6.45) is 6.64. The zero-order valence-electron chi connectivity index (χ0n) is 10.1. The Morgan fingerprint density at radius 3 is 2.00 bits per heavy atom. The molecule has 2 heteroatoms. The summed E-state index contributed by atoms with van der Waals surface area (Å²) in [6, 6.07) is 0.803. The highest BCUT2D eigenvalue weighted by atomic mass is 32.1. The van der Waals surface area contributed by atoms with Crippen molar-refractivity contribution in [1.29, 1.82) is 0 Å². The maximum atomic E-state index is 4.29. The Labute approximate surface area is 95.7 Å². The predicted octanol–water partition coefficient (Wildman–Crippen LogP) is 3.60. The third-order valence-corrected chi connectivity index (χ3v) is 3.23. The van der Waals surface area contributed by atoms with Crippen molar-refractivity contribution >= 4 is 12.6 Å². The summed E-state index contributed by atoms with van der Waals surface area (Å²) in [4.78, 5) is 2.60. The Kier molecular flexibility index (Phi) is 10.1. The molecule has 1 unspecified atom stereocenters. The van der Waals surface area contributed by atoms with Gasteiger partial charge >= 0.3 is 0 Å². The van der Waals surface area contributed by atoms with Crippen LogP contribution < -0.4 is 0 Å². The third kappa shape index (κ3) is 5.92. The van der Waals surface area contributed by atoms with E-state index in [1.165, 1.54) is 45.2 Å². The fourth-order valence-electron chi connectivity index (χ4n) is 2.02. The summed E-state index contributed by atoms with van der Waals surface area (Å²) in [6.45, 7) is 9.19. The minimum absolute atomic E-state index is 0.803. The van der Waals surface area contributed by atoms with Crippen LogP contribution in [0.5, 0.6) is 0 Å². The van der Waals surface area contributed by atoms with Gasteiger partial charge in [-0.25, -0.2) is 0 Å². The van der Waals surface area contributed by atoms with Crippen molar-refractivity contribution in [2.24, 2.45) is 0 Å². The van der Waals surface area contributed by atoms with E-state index in [1.807, 2.05) is 0 Å². The molecule has 0 aromatic carbocycles. The first-order valence-electron chi connectivity index (χ1n) is 6.14. The zero-order valence-corrected chi connectivity index (χ0v) is 11.0. The molecular formula is C12H27NS. The van der Waals surface area contributed by atoms with Crippen molar-refractivity contribution < 1.29 is 0 Å². The van der Waals surface area contributed by atoms with Crippen molar-refractivity contribution in [3.63, 3.8) is 0 Å². The summed E-state index contributed by atoms with van der Waals surface area (Å²) < 4.78 is 0. The van der Waals surface area contributed by atoms with Crippen molar-refractivity contribution in [3.05, 3.63) is 0 Å². The van der Waals surface area contributed by atoms with Gasteiger partial charge in [-0.15, -0.1) is 0 Å². The molecule has 14 heavy (non-hydrogen) atoms. The van der Waals surface area contributed by atoms with Crippen LogP contribution in [0, 0.1) is 0 Å². The van der Waals surface area contributed by atoms with Gasteiger partial charge in [0, 0.05) is 6.04 Å². The normalized spacial score (nSPS) is 13.5. The van der Waals surface area contributed by atoms with Gasteiger partial charge < -0.3 is 4.90 Å². The summed E-state index contributed by atoms with van der Waals surface area (Å²) >= 11 is 4.29. The van der Waals surface area contributed by atoms with E-state index in [0.29, 0.717) is 0 Å². The molecular weight excluding hydrogens is 190 g/mol. The molecule has 1 atom stereocenters. The Balaban J connectivity index is 3.92. The molecule has 0 aromatic rings. The standard InChI is InChI=1S/C12H27NS/c1-4-7-9-12(10-8-11-14)13(5-2)6-3/h12,14H,4-11H2,1-3H3. The largest absolute Gasteiger partial charge is 0.301 e. The fraction of sp³-hybridized carbons (Fsp3) is 1.00. The van der Waals surface area contributed by atoms with Gasteiger partial charge in [0.05, 0.1) is 0 Å². The molecule has 0 aliphatic heterocycles. The lowest BCUT2D eigenvalue weighted by atomic mass is 10.0. The van der Waals surface area contributed by atoms with Crippen LogP contribution in [-0.2, 0) is 0 Å². The van der Waals surface area contributed by atoms with E-state index in [4.69, 9.17) is 0 Å². The van der Waals surface area contributed by atoms with Crippen LogP contribution in [0.1, 0.15) is 52.9 Å². The van der Waals surface area contributed by atoms with Crippen LogP contribution in [0.4, 0.5) is 0 Å². The molecule has 0 radical (unpaired) electrons. The smallest absolute Gasteiger partial charge is 0.00953 e. The second-order valence-corrected chi connectivity index (χ2v) is 4.33. The van der Waals surface area contributed by atoms with Gasteiger partial charge in [0.1, 0.15) is 0 Å². The number of thiol groups is 1. The van der Waals surface area contributed by atoms with E-state index in [1.54, 1.807) is 0 Å². The maximum absolute atomic E-state index is 4.29. The van der Waals surface area contributed by atoms with Crippen molar-refractivity contribution in [2.45, 2.75) is 58.9 Å². The van der Waals surface area contributed by atoms with E-state index in [0.717, 1.165) is 11.8 Å². The lowest BCUT2D eigenvalue weighted by molar-refractivity contribution is 0.192. The molecule has 86 valence electrons. The Bertz CT molecular complexity index is 105. The second-order valence-electron chi connectivity index (χ2n) is 3.88. The first kappa shape index (κ1) is 14.3. The van der Waals surface area contributed by atoms with E-state index in [2.05, 4.69) is 38.3 Å². The molecule has 1 nitrogen and oxygen atoms in total. The highest BCUT2D eigenvalue weighted by Gasteiger charge is 2.13. The van der Waals surface area contributed by atoms with E-state index in [9.17, 15) is 0 Å². The van der Waals surface area contributed by atoms with Gasteiger partial charge in [0.25, 0.3) is 0 Å². The van der Waals surface area contributed by atoms with Crippen LogP contribution in [0.25, 0.3) is 0 Å². The Morgan fingerprint density at radius 1 is 1.00 bits per heavy atom. The molecule has 0 aromatic heterocycles. The number of hydrogen-bond acceptors (Lipinski definition) is 2. The molecule has 0 fully saturated rings. The first-order chi connectivity index (χ1) is 6.79. The van der Waals surface area contributed by atoms with E-state index < -0.39 is 0 Å². The maximum Gasteiger partial charge on any atom is 0.00953 e. The van der Waals surface area contributed by atoms with Crippen LogP contribution in [0.3, 0.4) is 0 Å². The van der Waals surface area contributed by atoms with Gasteiger partial charge in [-0.3, -0.25) is 0 Å². The van der Waals surface area contributed by atoms with Gasteiger partial charge in [0.2, 0.25) is 0 Å². The molecule has 0 bridgehead atoms. The van der Waals surface area contributed by atoms with Crippen LogP contribution >= 0.6 is 12.6 Å². The molecule has 0 aliphatic carbocycles. The molecule has 0 spiro atoms. The topological polar surface area (TPSA) is 3.24 Å². The minimum atomic E-state index is 0.803. The minimum Gasteiger partial charge on any atom is -0.301 e. The molecule has 0 aliphatic rings. The van der Waals surface area contributed by atoms with Gasteiger partial charge in [0.15, 0.2) is 0 Å². The summed E-state index contributed by atoms with van der Waals surface area (Å²) in [5.74, 6) is 1.03. The van der Waals surface area contributed by atoms with Crippen LogP contribution in [-0.4, -0.2) is 29.8 Å². The second kappa shape index (κ2) is 9.85. The predicted molar refractivity (Wildman–Crippen MR) is 69.3 cm³/mol. The number of hydrogen-bond donors (Lipinski definition) is 1.